The van der Waals surface area contributed by atoms with E-state index in [1.54, 1.807) is 0 Å². The monoisotopic (exact) mass is 440 g/mol. The van der Waals surface area contributed by atoms with E-state index in [1.807, 2.05) is 0 Å². The molecule has 1 fully saturated rings. The first-order valence-electron chi connectivity index (χ1n) is 11.0. The van der Waals surface area contributed by atoms with Gasteiger partial charge in [-0.3, -0.25) is 4.90 Å². The molecule has 0 bridgehead atoms. The van der Waals surface area contributed by atoms with Gasteiger partial charge in [0, 0.05) is 30.8 Å². The molecule has 7 heteroatoms. The fourth-order valence-corrected chi connectivity index (χ4v) is 4.10. The Kier molecular flexibility index (Phi) is 6.14. The first kappa shape index (κ1) is 22.6. The molecule has 1 aliphatic rings. The molecule has 1 heterocycles. The van der Waals surface area contributed by atoms with Crippen LogP contribution in [0.25, 0.3) is 0 Å². The van der Waals surface area contributed by atoms with Gasteiger partial charge in [0.1, 0.15) is 29.9 Å². The van der Waals surface area contributed by atoms with E-state index in [9.17, 15) is 13.9 Å². The Labute approximate surface area is 187 Å². The lowest BCUT2D eigenvalue weighted by Gasteiger charge is -2.35. The highest BCUT2D eigenvalue weighted by atomic mass is 19.1. The minimum absolute atomic E-state index is 0.0156. The predicted octanol–water partition coefficient (Wildman–Crippen LogP) is 4.41. The van der Waals surface area contributed by atoms with Gasteiger partial charge in [-0.1, -0.05) is 51.1 Å². The zero-order chi connectivity index (χ0) is 22.9. The summed E-state index contributed by atoms with van der Waals surface area (Å²) >= 11 is 0. The zero-order valence-corrected chi connectivity index (χ0v) is 18.8. The molecular weight excluding hydrogens is 410 g/mol. The van der Waals surface area contributed by atoms with Crippen molar-refractivity contribution in [2.75, 3.05) is 6.54 Å². The number of aromatic nitrogens is 3. The molecule has 32 heavy (non-hydrogen) atoms. The van der Waals surface area contributed by atoms with Crippen LogP contribution in [0.15, 0.2) is 55.1 Å². The summed E-state index contributed by atoms with van der Waals surface area (Å²) in [5.74, 6) is -1.44. The normalized spacial score (nSPS) is 16.3. The van der Waals surface area contributed by atoms with Crippen LogP contribution in [-0.4, -0.2) is 37.4 Å². The summed E-state index contributed by atoms with van der Waals surface area (Å²) in [5.41, 5.74) is 0.928. The minimum Gasteiger partial charge on any atom is -0.382 e. The fourth-order valence-electron chi connectivity index (χ4n) is 4.10. The summed E-state index contributed by atoms with van der Waals surface area (Å²) in [7, 11) is 0. The van der Waals surface area contributed by atoms with Crippen molar-refractivity contribution in [3.63, 3.8) is 0 Å². The molecule has 5 nitrogen and oxygen atoms in total. The number of hydrogen-bond acceptors (Lipinski definition) is 4. The topological polar surface area (TPSA) is 54.2 Å². The van der Waals surface area contributed by atoms with Crippen molar-refractivity contribution >= 4 is 0 Å². The zero-order valence-electron chi connectivity index (χ0n) is 18.8. The van der Waals surface area contributed by atoms with Gasteiger partial charge in [-0.15, -0.1) is 0 Å². The molecule has 0 saturated heterocycles. The van der Waals surface area contributed by atoms with E-state index >= 15 is 0 Å². The van der Waals surface area contributed by atoms with Crippen LogP contribution >= 0.6 is 0 Å². The van der Waals surface area contributed by atoms with Crippen LogP contribution < -0.4 is 0 Å². The molecule has 170 valence electrons. The van der Waals surface area contributed by atoms with Gasteiger partial charge in [0.25, 0.3) is 0 Å². The number of hydrogen-bond donors (Lipinski definition) is 1. The van der Waals surface area contributed by atoms with E-state index in [0.29, 0.717) is 12.6 Å². The van der Waals surface area contributed by atoms with Crippen molar-refractivity contribution < 1.29 is 13.9 Å². The molecule has 3 aromatic rings. The van der Waals surface area contributed by atoms with Gasteiger partial charge in [0.15, 0.2) is 0 Å². The Morgan fingerprint density at radius 2 is 1.81 bits per heavy atom. The molecular formula is C25H30F2N4O. The van der Waals surface area contributed by atoms with Gasteiger partial charge < -0.3 is 5.11 Å². The molecule has 1 atom stereocenters. The maximum atomic E-state index is 14.8. The van der Waals surface area contributed by atoms with Gasteiger partial charge in [0.2, 0.25) is 0 Å². The molecule has 0 aliphatic heterocycles. The standard InChI is InChI=1S/C25H30F2N4O/c1-24(2,3)19-6-4-18(5-7-19)13-30(21-9-10-21)14-25(32,15-31-17-28-16-29-31)22-11-8-20(26)12-23(22)27/h4-8,11-12,16-17,21,32H,9-10,13-15H2,1-3H3. The first-order valence-corrected chi connectivity index (χ1v) is 11.0. The Balaban J connectivity index is 1.61. The molecule has 0 spiro atoms. The lowest BCUT2D eigenvalue weighted by Crippen LogP contribution is -2.45. The fraction of sp³-hybridized carbons (Fsp3) is 0.440. The Bertz CT molecular complexity index is 1040. The Morgan fingerprint density at radius 1 is 1.09 bits per heavy atom. The second-order valence-electron chi connectivity index (χ2n) is 9.83. The average Bonchev–Trinajstić information content (AvgIpc) is 3.45. The third kappa shape index (κ3) is 5.22. The van der Waals surface area contributed by atoms with Gasteiger partial charge in [-0.05, 0) is 35.4 Å². The van der Waals surface area contributed by atoms with Crippen molar-refractivity contribution in [3.8, 4) is 0 Å². The molecule has 1 aromatic heterocycles. The Hall–Kier alpha value is -2.64. The Morgan fingerprint density at radius 3 is 2.38 bits per heavy atom. The van der Waals surface area contributed by atoms with E-state index in [2.05, 4.69) is 60.0 Å². The molecule has 0 radical (unpaired) electrons. The van der Waals surface area contributed by atoms with E-state index in [1.165, 1.54) is 35.0 Å². The summed E-state index contributed by atoms with van der Waals surface area (Å²) in [6, 6.07) is 12.2. The molecule has 0 amide bonds. The van der Waals surface area contributed by atoms with Gasteiger partial charge in [-0.2, -0.15) is 5.10 Å². The van der Waals surface area contributed by atoms with E-state index in [0.717, 1.165) is 24.5 Å². The highest BCUT2D eigenvalue weighted by Crippen LogP contribution is 2.34. The van der Waals surface area contributed by atoms with Gasteiger partial charge in [-0.25, -0.2) is 18.4 Å². The number of halogens is 2. The van der Waals surface area contributed by atoms with Crippen LogP contribution in [0.4, 0.5) is 8.78 Å². The highest BCUT2D eigenvalue weighted by Gasteiger charge is 2.40. The second-order valence-corrected chi connectivity index (χ2v) is 9.83. The van der Waals surface area contributed by atoms with Gasteiger partial charge >= 0.3 is 0 Å². The summed E-state index contributed by atoms with van der Waals surface area (Å²) in [6.07, 6.45) is 4.92. The number of aliphatic hydroxyl groups is 1. The highest BCUT2D eigenvalue weighted by molar-refractivity contribution is 5.29. The van der Waals surface area contributed by atoms with Crippen LogP contribution in [0.5, 0.6) is 0 Å². The lowest BCUT2D eigenvalue weighted by molar-refractivity contribution is -0.0259. The number of rotatable bonds is 8. The molecule has 1 N–H and O–H groups in total. The SMILES string of the molecule is CC(C)(C)c1ccc(CN(CC(O)(Cn2cncn2)c2ccc(F)cc2F)C2CC2)cc1. The molecule has 1 aliphatic carbocycles. The van der Waals surface area contributed by atoms with Crippen LogP contribution in [0.3, 0.4) is 0 Å². The second kappa shape index (κ2) is 8.71. The van der Waals surface area contributed by atoms with Crippen LogP contribution in [0.2, 0.25) is 0 Å². The van der Waals surface area contributed by atoms with Crippen LogP contribution in [-0.2, 0) is 24.1 Å². The molecule has 1 unspecified atom stereocenters. The smallest absolute Gasteiger partial charge is 0.137 e. The van der Waals surface area contributed by atoms with Crippen LogP contribution in [0.1, 0.15) is 50.3 Å². The van der Waals surface area contributed by atoms with Crippen molar-refractivity contribution in [3.05, 3.63) is 83.4 Å². The maximum absolute atomic E-state index is 14.8. The summed E-state index contributed by atoms with van der Waals surface area (Å²) in [6.45, 7) is 7.39. The first-order chi connectivity index (χ1) is 15.1. The summed E-state index contributed by atoms with van der Waals surface area (Å²) in [5, 5.41) is 15.8. The van der Waals surface area contributed by atoms with Crippen LogP contribution in [0, 0.1) is 11.6 Å². The third-order valence-electron chi connectivity index (χ3n) is 6.06. The largest absolute Gasteiger partial charge is 0.382 e. The summed E-state index contributed by atoms with van der Waals surface area (Å²) in [4.78, 5) is 6.12. The van der Waals surface area contributed by atoms with E-state index in [4.69, 9.17) is 0 Å². The van der Waals surface area contributed by atoms with Crippen molar-refractivity contribution in [1.82, 2.24) is 19.7 Å². The van der Waals surface area contributed by atoms with Crippen molar-refractivity contribution in [2.24, 2.45) is 0 Å². The minimum atomic E-state index is -1.60. The lowest BCUT2D eigenvalue weighted by atomic mass is 9.86. The predicted molar refractivity (Wildman–Crippen MR) is 119 cm³/mol. The maximum Gasteiger partial charge on any atom is 0.137 e. The van der Waals surface area contributed by atoms with Crippen molar-refractivity contribution in [1.29, 1.82) is 0 Å². The number of nitrogens with zero attached hydrogens (tertiary/aromatic N) is 4. The molecule has 4 rings (SSSR count). The quantitative estimate of drug-likeness (QED) is 0.564. The van der Waals surface area contributed by atoms with E-state index in [-0.39, 0.29) is 24.1 Å². The van der Waals surface area contributed by atoms with E-state index < -0.39 is 17.2 Å². The average molecular weight is 441 g/mol. The molecule has 2 aromatic carbocycles. The molecule has 1 saturated carbocycles. The summed E-state index contributed by atoms with van der Waals surface area (Å²) < 4.78 is 29.8. The van der Waals surface area contributed by atoms with Crippen molar-refractivity contribution in [2.45, 2.75) is 63.8 Å². The van der Waals surface area contributed by atoms with Gasteiger partial charge in [0.05, 0.1) is 6.54 Å². The number of benzene rings is 2. The third-order valence-corrected chi connectivity index (χ3v) is 6.06.